The number of hydrogen-bond acceptors (Lipinski definition) is 5. The molecule has 1 aromatic carbocycles. The zero-order valence-electron chi connectivity index (χ0n) is 15.7. The maximum atomic E-state index is 12.9. The fourth-order valence-electron chi connectivity index (χ4n) is 3.42. The lowest BCUT2D eigenvalue weighted by atomic mass is 10.3. The number of aryl methyl sites for hydroxylation is 2. The minimum absolute atomic E-state index is 0.103. The Labute approximate surface area is 167 Å². The van der Waals surface area contributed by atoms with E-state index in [2.05, 4.69) is 4.98 Å². The number of carboxylic acid groups (broad SMARTS) is 1. The molecule has 0 saturated carbocycles. The third kappa shape index (κ3) is 2.71. The van der Waals surface area contributed by atoms with E-state index in [0.717, 1.165) is 10.3 Å². The number of benzene rings is 1. The van der Waals surface area contributed by atoms with Crippen molar-refractivity contribution in [2.24, 2.45) is 7.05 Å². The molecule has 29 heavy (non-hydrogen) atoms. The summed E-state index contributed by atoms with van der Waals surface area (Å²) in [4.78, 5) is 41.0. The largest absolute Gasteiger partial charge is 0.495 e. The Kier molecular flexibility index (Phi) is 4.23. The van der Waals surface area contributed by atoms with Gasteiger partial charge in [-0.3, -0.25) is 23.1 Å². The van der Waals surface area contributed by atoms with Crippen LogP contribution < -0.4 is 16.0 Å². The van der Waals surface area contributed by atoms with Gasteiger partial charge in [0.25, 0.3) is 5.56 Å². The highest BCUT2D eigenvalue weighted by Gasteiger charge is 2.22. The van der Waals surface area contributed by atoms with Crippen molar-refractivity contribution in [3.8, 4) is 11.4 Å². The lowest BCUT2D eigenvalue weighted by Gasteiger charge is -2.11. The molecule has 1 N–H and O–H groups in total. The van der Waals surface area contributed by atoms with Crippen LogP contribution in [0.4, 0.5) is 0 Å². The molecule has 0 saturated heterocycles. The summed E-state index contributed by atoms with van der Waals surface area (Å²) in [6.07, 6.45) is 1.68. The van der Waals surface area contributed by atoms with Gasteiger partial charge in [-0.1, -0.05) is 11.6 Å². The standard InChI is InChI=1S/C18H16ClN5O5/c1-9-7-22-14-15(21(2)18(28)23(16(14)27)8-13(25)26)20-17(22)24(9)11-6-10(19)4-5-12(11)29-3/h4-7H,8H2,1-3H3,(H,25,26). The Morgan fingerprint density at radius 2 is 2.03 bits per heavy atom. The molecule has 4 aromatic rings. The molecule has 11 heteroatoms. The van der Waals surface area contributed by atoms with Crippen molar-refractivity contribution in [1.82, 2.24) is 23.1 Å². The zero-order chi connectivity index (χ0) is 21.0. The van der Waals surface area contributed by atoms with Gasteiger partial charge in [0.2, 0.25) is 5.78 Å². The second-order valence-electron chi connectivity index (χ2n) is 6.50. The number of carbonyl (C=O) groups is 1. The molecule has 0 aliphatic heterocycles. The summed E-state index contributed by atoms with van der Waals surface area (Å²) >= 11 is 6.16. The summed E-state index contributed by atoms with van der Waals surface area (Å²) in [5.41, 5.74) is 0.103. The van der Waals surface area contributed by atoms with Crippen LogP contribution in [0, 0.1) is 6.92 Å². The van der Waals surface area contributed by atoms with Gasteiger partial charge < -0.3 is 9.84 Å². The third-order valence-corrected chi connectivity index (χ3v) is 4.94. The van der Waals surface area contributed by atoms with E-state index in [0.29, 0.717) is 26.8 Å². The number of aromatic nitrogens is 5. The van der Waals surface area contributed by atoms with Gasteiger partial charge in [0.1, 0.15) is 12.3 Å². The molecule has 0 atom stereocenters. The maximum Gasteiger partial charge on any atom is 0.333 e. The van der Waals surface area contributed by atoms with E-state index in [1.54, 1.807) is 29.0 Å². The lowest BCUT2D eigenvalue weighted by Crippen LogP contribution is -2.41. The van der Waals surface area contributed by atoms with Gasteiger partial charge in [0.15, 0.2) is 11.2 Å². The van der Waals surface area contributed by atoms with Crippen LogP contribution in [0.3, 0.4) is 0 Å². The minimum Gasteiger partial charge on any atom is -0.495 e. The topological polar surface area (TPSA) is 113 Å². The summed E-state index contributed by atoms with van der Waals surface area (Å²) in [6.45, 7) is 1.08. The zero-order valence-corrected chi connectivity index (χ0v) is 16.5. The van der Waals surface area contributed by atoms with Gasteiger partial charge in [-0.2, -0.15) is 4.98 Å². The Hall–Kier alpha value is -3.53. The number of carboxylic acids is 1. The Morgan fingerprint density at radius 1 is 1.31 bits per heavy atom. The van der Waals surface area contributed by atoms with Crippen molar-refractivity contribution in [2.75, 3.05) is 7.11 Å². The number of imidazole rings is 2. The molecule has 3 heterocycles. The van der Waals surface area contributed by atoms with Crippen LogP contribution in [0.15, 0.2) is 34.0 Å². The Morgan fingerprint density at radius 3 is 2.69 bits per heavy atom. The van der Waals surface area contributed by atoms with E-state index in [1.807, 2.05) is 6.92 Å². The number of nitrogens with zero attached hydrogens (tertiary/aromatic N) is 5. The van der Waals surface area contributed by atoms with E-state index in [1.165, 1.54) is 18.6 Å². The average molecular weight is 418 g/mol. The number of halogens is 1. The van der Waals surface area contributed by atoms with Crippen molar-refractivity contribution in [1.29, 1.82) is 0 Å². The van der Waals surface area contributed by atoms with Crippen molar-refractivity contribution < 1.29 is 14.6 Å². The second kappa shape index (κ2) is 6.52. The first kappa shape index (κ1) is 18.8. The monoisotopic (exact) mass is 417 g/mol. The molecule has 0 aliphatic rings. The molecule has 0 fully saturated rings. The molecular formula is C18H16ClN5O5. The molecule has 0 radical (unpaired) electrons. The summed E-state index contributed by atoms with van der Waals surface area (Å²) in [7, 11) is 2.96. The quantitative estimate of drug-likeness (QED) is 0.533. The highest BCUT2D eigenvalue weighted by Crippen LogP contribution is 2.30. The summed E-state index contributed by atoms with van der Waals surface area (Å²) in [6, 6.07) is 5.11. The molecule has 0 amide bonds. The van der Waals surface area contributed by atoms with Crippen LogP contribution in [0.2, 0.25) is 5.02 Å². The number of aliphatic carboxylic acids is 1. The van der Waals surface area contributed by atoms with Gasteiger partial charge in [-0.05, 0) is 25.1 Å². The fourth-order valence-corrected chi connectivity index (χ4v) is 3.59. The number of hydrogen-bond donors (Lipinski definition) is 1. The highest BCUT2D eigenvalue weighted by molar-refractivity contribution is 6.30. The Balaban J connectivity index is 2.15. The van der Waals surface area contributed by atoms with E-state index >= 15 is 0 Å². The van der Waals surface area contributed by atoms with Crippen molar-refractivity contribution in [3.63, 3.8) is 0 Å². The first-order chi connectivity index (χ1) is 13.7. The SMILES string of the molecule is COc1ccc(Cl)cc1-n1c(C)cn2c3c(=O)n(CC(=O)O)c(=O)n(C)c3nc12. The van der Waals surface area contributed by atoms with Gasteiger partial charge in [-0.25, -0.2) is 9.36 Å². The Bertz CT molecular complexity index is 1420. The molecular weight excluding hydrogens is 402 g/mol. The van der Waals surface area contributed by atoms with Crippen molar-refractivity contribution in [2.45, 2.75) is 13.5 Å². The first-order valence-electron chi connectivity index (χ1n) is 8.50. The van der Waals surface area contributed by atoms with Gasteiger partial charge in [0, 0.05) is 24.0 Å². The van der Waals surface area contributed by atoms with E-state index in [4.69, 9.17) is 21.4 Å². The molecule has 10 nitrogen and oxygen atoms in total. The fraction of sp³-hybridized carbons (Fsp3) is 0.222. The predicted molar refractivity (Wildman–Crippen MR) is 105 cm³/mol. The molecule has 0 aliphatic carbocycles. The van der Waals surface area contributed by atoms with E-state index in [-0.39, 0.29) is 11.2 Å². The van der Waals surface area contributed by atoms with Gasteiger partial charge in [0.05, 0.1) is 12.8 Å². The molecule has 4 rings (SSSR count). The highest BCUT2D eigenvalue weighted by atomic mass is 35.5. The summed E-state index contributed by atoms with van der Waals surface area (Å²) in [5.74, 6) is -0.389. The third-order valence-electron chi connectivity index (χ3n) is 4.70. The van der Waals surface area contributed by atoms with E-state index < -0.39 is 23.8 Å². The van der Waals surface area contributed by atoms with Gasteiger partial charge >= 0.3 is 11.7 Å². The normalized spacial score (nSPS) is 11.4. The maximum absolute atomic E-state index is 12.9. The average Bonchev–Trinajstić information content (AvgIpc) is 3.17. The lowest BCUT2D eigenvalue weighted by molar-refractivity contribution is -0.137. The number of rotatable bonds is 4. The van der Waals surface area contributed by atoms with Crippen LogP contribution in [0.5, 0.6) is 5.75 Å². The molecule has 150 valence electrons. The second-order valence-corrected chi connectivity index (χ2v) is 6.94. The van der Waals surface area contributed by atoms with Crippen molar-refractivity contribution in [3.05, 3.63) is 56.0 Å². The van der Waals surface area contributed by atoms with Crippen molar-refractivity contribution >= 4 is 34.5 Å². The van der Waals surface area contributed by atoms with Crippen LogP contribution in [-0.2, 0) is 18.4 Å². The molecule has 0 bridgehead atoms. The number of methoxy groups -OCH3 is 1. The minimum atomic E-state index is -1.29. The number of fused-ring (bicyclic) bond motifs is 3. The van der Waals surface area contributed by atoms with Crippen LogP contribution in [0.25, 0.3) is 22.6 Å². The molecule has 3 aromatic heterocycles. The van der Waals surface area contributed by atoms with Crippen LogP contribution >= 0.6 is 11.6 Å². The number of ether oxygens (including phenoxy) is 1. The smallest absolute Gasteiger partial charge is 0.333 e. The van der Waals surface area contributed by atoms with Gasteiger partial charge in [-0.15, -0.1) is 0 Å². The first-order valence-corrected chi connectivity index (χ1v) is 8.88. The van der Waals surface area contributed by atoms with Crippen LogP contribution in [-0.4, -0.2) is 41.3 Å². The summed E-state index contributed by atoms with van der Waals surface area (Å²) in [5, 5.41) is 9.55. The predicted octanol–water partition coefficient (Wildman–Crippen LogP) is 1.19. The van der Waals surface area contributed by atoms with E-state index in [9.17, 15) is 14.4 Å². The van der Waals surface area contributed by atoms with Crippen LogP contribution in [0.1, 0.15) is 5.69 Å². The summed E-state index contributed by atoms with van der Waals surface area (Å²) < 4.78 is 10.5. The molecule has 0 spiro atoms. The molecule has 0 unspecified atom stereocenters.